The highest BCUT2D eigenvalue weighted by Gasteiger charge is 2.23. The van der Waals surface area contributed by atoms with Gasteiger partial charge in [-0.05, 0) is 49.4 Å². The monoisotopic (exact) mass is 343 g/mol. The third-order valence-electron chi connectivity index (χ3n) is 4.93. The molecule has 3 atom stereocenters. The second-order valence-corrected chi connectivity index (χ2v) is 7.68. The predicted molar refractivity (Wildman–Crippen MR) is 101 cm³/mol. The van der Waals surface area contributed by atoms with Gasteiger partial charge in [0.1, 0.15) is 11.4 Å². The lowest BCUT2D eigenvalue weighted by atomic mass is 9.92. The van der Waals surface area contributed by atoms with Gasteiger partial charge in [-0.2, -0.15) is 0 Å². The number of rotatable bonds is 5. The zero-order chi connectivity index (χ0) is 18.0. The van der Waals surface area contributed by atoms with Crippen LogP contribution >= 0.6 is 0 Å². The first kappa shape index (κ1) is 17.8. The van der Waals surface area contributed by atoms with Crippen molar-refractivity contribution in [1.29, 1.82) is 0 Å². The molecule has 1 aliphatic rings. The van der Waals surface area contributed by atoms with E-state index in [0.29, 0.717) is 5.69 Å². The average molecular weight is 343 g/mol. The average Bonchev–Trinajstić information content (AvgIpc) is 2.96. The summed E-state index contributed by atoms with van der Waals surface area (Å²) in [5.74, 6) is 2.20. The first-order valence-corrected chi connectivity index (χ1v) is 9.14. The third kappa shape index (κ3) is 4.34. The highest BCUT2D eigenvalue weighted by atomic mass is 16.5. The fourth-order valence-corrected chi connectivity index (χ4v) is 4.04. The van der Waals surface area contributed by atoms with Crippen molar-refractivity contribution < 1.29 is 9.53 Å². The van der Waals surface area contributed by atoms with Crippen LogP contribution in [0.4, 0.5) is 0 Å². The summed E-state index contributed by atoms with van der Waals surface area (Å²) in [4.78, 5) is 18.2. The number of hydrogen-bond donors (Lipinski definition) is 2. The summed E-state index contributed by atoms with van der Waals surface area (Å²) in [7, 11) is 1.64. The van der Waals surface area contributed by atoms with Crippen molar-refractivity contribution in [3.8, 4) is 5.75 Å². The minimum absolute atomic E-state index is 0.0548. The molecule has 2 heterocycles. The van der Waals surface area contributed by atoms with E-state index in [1.54, 1.807) is 7.11 Å². The molecule has 1 saturated heterocycles. The number of aromatic nitrogens is 1. The van der Waals surface area contributed by atoms with Crippen LogP contribution < -0.4 is 10.1 Å². The number of hydrogen-bond acceptors (Lipinski definition) is 3. The molecular weight excluding hydrogens is 314 g/mol. The van der Waals surface area contributed by atoms with E-state index >= 15 is 0 Å². The number of amides is 1. The maximum Gasteiger partial charge on any atom is 0.267 e. The van der Waals surface area contributed by atoms with Gasteiger partial charge in [-0.25, -0.2) is 0 Å². The number of ether oxygens (including phenoxy) is 1. The predicted octanol–water partition coefficient (Wildman–Crippen LogP) is 3.27. The number of carbonyl (C=O) groups excluding carboxylic acids is 1. The minimum Gasteiger partial charge on any atom is -0.497 e. The fraction of sp³-hybridized carbons (Fsp3) is 0.550. The van der Waals surface area contributed by atoms with Crippen LogP contribution in [-0.2, 0) is 0 Å². The van der Waals surface area contributed by atoms with Crippen LogP contribution in [0.3, 0.4) is 0 Å². The normalized spacial score (nSPS) is 22.7. The summed E-state index contributed by atoms with van der Waals surface area (Å²) < 4.78 is 5.24. The van der Waals surface area contributed by atoms with Crippen LogP contribution in [0.2, 0.25) is 0 Å². The van der Waals surface area contributed by atoms with E-state index in [2.05, 4.69) is 36.0 Å². The highest BCUT2D eigenvalue weighted by Crippen LogP contribution is 2.22. The van der Waals surface area contributed by atoms with Crippen molar-refractivity contribution in [1.82, 2.24) is 15.2 Å². The topological polar surface area (TPSA) is 57.4 Å². The highest BCUT2D eigenvalue weighted by molar-refractivity contribution is 5.98. The van der Waals surface area contributed by atoms with Crippen molar-refractivity contribution in [2.75, 3.05) is 26.7 Å². The van der Waals surface area contributed by atoms with Crippen LogP contribution in [0.1, 0.15) is 37.7 Å². The molecule has 1 fully saturated rings. The van der Waals surface area contributed by atoms with Gasteiger partial charge >= 0.3 is 0 Å². The summed E-state index contributed by atoms with van der Waals surface area (Å²) >= 11 is 0. The molecule has 1 aromatic heterocycles. The van der Waals surface area contributed by atoms with E-state index in [-0.39, 0.29) is 11.9 Å². The molecule has 0 spiro atoms. The molecule has 1 aliphatic heterocycles. The van der Waals surface area contributed by atoms with Gasteiger partial charge in [-0.1, -0.05) is 13.8 Å². The van der Waals surface area contributed by atoms with Gasteiger partial charge in [0.25, 0.3) is 5.91 Å². The van der Waals surface area contributed by atoms with Gasteiger partial charge in [0.15, 0.2) is 0 Å². The van der Waals surface area contributed by atoms with Gasteiger partial charge < -0.3 is 19.9 Å². The van der Waals surface area contributed by atoms with Crippen LogP contribution in [0.25, 0.3) is 10.9 Å². The maximum atomic E-state index is 12.6. The molecule has 0 radical (unpaired) electrons. The van der Waals surface area contributed by atoms with Crippen LogP contribution in [0.5, 0.6) is 5.75 Å². The lowest BCUT2D eigenvalue weighted by Gasteiger charge is -2.36. The molecule has 0 aliphatic carbocycles. The number of methoxy groups -OCH3 is 1. The van der Waals surface area contributed by atoms with E-state index in [4.69, 9.17) is 4.74 Å². The summed E-state index contributed by atoms with van der Waals surface area (Å²) in [6.07, 6.45) is 1.30. The standard InChI is InChI=1S/C20H29N3O2/c1-13-7-14(2)11-23(10-13)12-15(3)21-20(24)19-9-16-8-17(25-4)5-6-18(16)22-19/h5-6,8-9,13-15,22H,7,10-12H2,1-4H3,(H,21,24)/t13-,14+,15-/m1/s1. The van der Waals surface area contributed by atoms with E-state index < -0.39 is 0 Å². The SMILES string of the molecule is COc1ccc2[nH]c(C(=O)N[C@H](C)CN3C[C@H](C)C[C@H](C)C3)cc2c1. The van der Waals surface area contributed by atoms with Crippen LogP contribution in [0.15, 0.2) is 24.3 Å². The van der Waals surface area contributed by atoms with Crippen molar-refractivity contribution in [2.45, 2.75) is 33.2 Å². The molecule has 3 rings (SSSR count). The van der Waals surface area contributed by atoms with Crippen molar-refractivity contribution in [2.24, 2.45) is 11.8 Å². The molecule has 25 heavy (non-hydrogen) atoms. The van der Waals surface area contributed by atoms with Crippen LogP contribution in [-0.4, -0.2) is 48.6 Å². The number of aromatic amines is 1. The van der Waals surface area contributed by atoms with Crippen molar-refractivity contribution in [3.05, 3.63) is 30.0 Å². The zero-order valence-corrected chi connectivity index (χ0v) is 15.6. The quantitative estimate of drug-likeness (QED) is 0.876. The zero-order valence-electron chi connectivity index (χ0n) is 15.6. The number of nitrogens with zero attached hydrogens (tertiary/aromatic N) is 1. The summed E-state index contributed by atoms with van der Waals surface area (Å²) in [5.41, 5.74) is 1.53. The molecule has 0 bridgehead atoms. The Morgan fingerprint density at radius 3 is 2.72 bits per heavy atom. The van der Waals surface area contributed by atoms with Gasteiger partial charge in [-0.15, -0.1) is 0 Å². The molecule has 5 heteroatoms. The number of H-pyrrole nitrogens is 1. The molecule has 1 amide bonds. The largest absolute Gasteiger partial charge is 0.497 e. The van der Waals surface area contributed by atoms with E-state index in [9.17, 15) is 4.79 Å². The minimum atomic E-state index is -0.0548. The summed E-state index contributed by atoms with van der Waals surface area (Å²) in [6.45, 7) is 9.84. The third-order valence-corrected chi connectivity index (χ3v) is 4.93. The Kier molecular flexibility index (Phi) is 5.33. The number of piperidine rings is 1. The molecule has 1 aromatic carbocycles. The molecule has 2 aromatic rings. The van der Waals surface area contributed by atoms with Crippen molar-refractivity contribution >= 4 is 16.8 Å². The maximum absolute atomic E-state index is 12.6. The lowest BCUT2D eigenvalue weighted by Crippen LogP contribution is -2.47. The van der Waals surface area contributed by atoms with E-state index in [0.717, 1.165) is 48.1 Å². The first-order valence-electron chi connectivity index (χ1n) is 9.14. The Bertz CT molecular complexity index is 730. The number of carbonyl (C=O) groups is 1. The Morgan fingerprint density at radius 2 is 2.04 bits per heavy atom. The second-order valence-electron chi connectivity index (χ2n) is 7.68. The smallest absolute Gasteiger partial charge is 0.267 e. The molecular formula is C20H29N3O2. The Hall–Kier alpha value is -2.01. The lowest BCUT2D eigenvalue weighted by molar-refractivity contribution is 0.0901. The van der Waals surface area contributed by atoms with Crippen molar-refractivity contribution in [3.63, 3.8) is 0 Å². The number of nitrogens with one attached hydrogen (secondary N) is 2. The molecule has 5 nitrogen and oxygen atoms in total. The van der Waals surface area contributed by atoms with E-state index in [1.807, 2.05) is 24.3 Å². The Morgan fingerprint density at radius 1 is 1.32 bits per heavy atom. The van der Waals surface area contributed by atoms with Gasteiger partial charge in [0, 0.05) is 36.6 Å². The fourth-order valence-electron chi connectivity index (χ4n) is 4.04. The van der Waals surface area contributed by atoms with Gasteiger partial charge in [0.2, 0.25) is 0 Å². The second kappa shape index (κ2) is 7.48. The summed E-state index contributed by atoms with van der Waals surface area (Å²) in [6, 6.07) is 7.76. The number of likely N-dealkylation sites (tertiary alicyclic amines) is 1. The molecule has 0 unspecified atom stereocenters. The molecule has 2 N–H and O–H groups in total. The van der Waals surface area contributed by atoms with Gasteiger partial charge in [-0.3, -0.25) is 4.79 Å². The molecule has 0 saturated carbocycles. The Balaban J connectivity index is 1.61. The number of benzene rings is 1. The Labute approximate surface area is 149 Å². The van der Waals surface area contributed by atoms with Gasteiger partial charge in [0.05, 0.1) is 7.11 Å². The number of fused-ring (bicyclic) bond motifs is 1. The summed E-state index contributed by atoms with van der Waals surface area (Å²) in [5, 5.41) is 4.10. The van der Waals surface area contributed by atoms with E-state index in [1.165, 1.54) is 6.42 Å². The van der Waals surface area contributed by atoms with Crippen LogP contribution in [0, 0.1) is 11.8 Å². The first-order chi connectivity index (χ1) is 11.9. The molecule has 136 valence electrons.